The van der Waals surface area contributed by atoms with E-state index < -0.39 is 17.3 Å². The lowest BCUT2D eigenvalue weighted by Crippen LogP contribution is -2.26. The molecule has 22 heavy (non-hydrogen) atoms. The highest BCUT2D eigenvalue weighted by molar-refractivity contribution is 6.06. The Labute approximate surface area is 125 Å². The van der Waals surface area contributed by atoms with Crippen LogP contribution in [0.25, 0.3) is 0 Å². The summed E-state index contributed by atoms with van der Waals surface area (Å²) in [5.41, 5.74) is 0.771. The molecular formula is C16H15FN2O3. The van der Waals surface area contributed by atoms with E-state index in [0.29, 0.717) is 29.8 Å². The van der Waals surface area contributed by atoms with Gasteiger partial charge in [-0.05, 0) is 49.9 Å². The second kappa shape index (κ2) is 5.63. The molecule has 3 rings (SSSR count). The van der Waals surface area contributed by atoms with E-state index in [1.807, 2.05) is 0 Å². The molecule has 0 radical (unpaired) electrons. The van der Waals surface area contributed by atoms with Crippen LogP contribution in [0.15, 0.2) is 29.1 Å². The molecule has 1 aliphatic rings. The van der Waals surface area contributed by atoms with E-state index in [2.05, 4.69) is 10.3 Å². The molecule has 1 amide bonds. The Morgan fingerprint density at radius 3 is 2.59 bits per heavy atom. The quantitative estimate of drug-likeness (QED) is 0.796. The molecule has 0 unspecified atom stereocenters. The van der Waals surface area contributed by atoms with Gasteiger partial charge in [0.1, 0.15) is 17.1 Å². The number of carbonyl (C=O) groups is 1. The number of aromatic hydroxyl groups is 1. The number of aromatic amines is 1. The van der Waals surface area contributed by atoms with Crippen molar-refractivity contribution < 1.29 is 14.3 Å². The van der Waals surface area contributed by atoms with Crippen LogP contribution in [-0.4, -0.2) is 16.0 Å². The number of halogens is 1. The lowest BCUT2D eigenvalue weighted by Gasteiger charge is -2.18. The summed E-state index contributed by atoms with van der Waals surface area (Å²) in [5.74, 6) is -1.38. The fraction of sp³-hybridized carbons (Fsp3) is 0.250. The van der Waals surface area contributed by atoms with Gasteiger partial charge in [-0.25, -0.2) is 4.39 Å². The molecule has 1 heterocycles. The Bertz CT molecular complexity index is 781. The summed E-state index contributed by atoms with van der Waals surface area (Å²) in [6, 6.07) is 5.17. The third kappa shape index (κ3) is 2.59. The van der Waals surface area contributed by atoms with Gasteiger partial charge in [-0.3, -0.25) is 9.59 Å². The Kier molecular flexibility index (Phi) is 3.66. The molecule has 2 aromatic rings. The van der Waals surface area contributed by atoms with E-state index in [0.717, 1.165) is 12.8 Å². The van der Waals surface area contributed by atoms with Crippen LogP contribution in [0.4, 0.5) is 10.1 Å². The van der Waals surface area contributed by atoms with E-state index >= 15 is 0 Å². The summed E-state index contributed by atoms with van der Waals surface area (Å²) in [6.07, 6.45) is 3.18. The summed E-state index contributed by atoms with van der Waals surface area (Å²) >= 11 is 0. The zero-order valence-electron chi connectivity index (χ0n) is 11.8. The number of aromatic nitrogens is 1. The van der Waals surface area contributed by atoms with Gasteiger partial charge in [0.05, 0.1) is 0 Å². The maximum atomic E-state index is 12.9. The molecular weight excluding hydrogens is 287 g/mol. The van der Waals surface area contributed by atoms with Crippen LogP contribution in [0.5, 0.6) is 5.75 Å². The van der Waals surface area contributed by atoms with Crippen LogP contribution in [0.3, 0.4) is 0 Å². The normalized spacial score (nSPS) is 13.5. The van der Waals surface area contributed by atoms with Crippen molar-refractivity contribution in [2.75, 3.05) is 5.32 Å². The smallest absolute Gasteiger partial charge is 0.265 e. The molecule has 3 N–H and O–H groups in total. The fourth-order valence-electron chi connectivity index (χ4n) is 2.70. The molecule has 1 aliphatic carbocycles. The van der Waals surface area contributed by atoms with Crippen molar-refractivity contribution in [3.05, 3.63) is 57.3 Å². The average molecular weight is 302 g/mol. The van der Waals surface area contributed by atoms with E-state index in [-0.39, 0.29) is 11.3 Å². The van der Waals surface area contributed by atoms with Gasteiger partial charge in [-0.15, -0.1) is 0 Å². The van der Waals surface area contributed by atoms with E-state index in [1.165, 1.54) is 24.3 Å². The number of amides is 1. The third-order valence-electron chi connectivity index (χ3n) is 3.81. The molecule has 1 aromatic carbocycles. The first-order valence-electron chi connectivity index (χ1n) is 7.10. The van der Waals surface area contributed by atoms with E-state index in [9.17, 15) is 19.1 Å². The molecule has 114 valence electrons. The van der Waals surface area contributed by atoms with E-state index in [4.69, 9.17) is 0 Å². The largest absolute Gasteiger partial charge is 0.507 e. The SMILES string of the molecule is O=C(Nc1ccc(F)cc1)c1c(O)c2c([nH]c1=O)CCCC2. The number of carbonyl (C=O) groups excluding carboxylic acids is 1. The highest BCUT2D eigenvalue weighted by atomic mass is 19.1. The molecule has 0 aliphatic heterocycles. The Balaban J connectivity index is 1.95. The minimum Gasteiger partial charge on any atom is -0.507 e. The lowest BCUT2D eigenvalue weighted by atomic mass is 9.93. The maximum absolute atomic E-state index is 12.9. The van der Waals surface area contributed by atoms with Crippen molar-refractivity contribution in [3.8, 4) is 5.75 Å². The van der Waals surface area contributed by atoms with Crippen LogP contribution < -0.4 is 10.9 Å². The number of nitrogens with one attached hydrogen (secondary N) is 2. The van der Waals surface area contributed by atoms with Gasteiger partial charge in [0.15, 0.2) is 0 Å². The monoisotopic (exact) mass is 302 g/mol. The molecule has 0 saturated heterocycles. The predicted molar refractivity (Wildman–Crippen MR) is 79.7 cm³/mol. The van der Waals surface area contributed by atoms with Crippen molar-refractivity contribution in [2.45, 2.75) is 25.7 Å². The topological polar surface area (TPSA) is 82.2 Å². The first kappa shape index (κ1) is 14.3. The van der Waals surface area contributed by atoms with Gasteiger partial charge in [0, 0.05) is 16.9 Å². The number of pyridine rings is 1. The molecule has 0 bridgehead atoms. The number of hydrogen-bond donors (Lipinski definition) is 3. The summed E-state index contributed by atoms with van der Waals surface area (Å²) in [4.78, 5) is 27.0. The van der Waals surface area contributed by atoms with Gasteiger partial charge < -0.3 is 15.4 Å². The second-order valence-electron chi connectivity index (χ2n) is 5.30. The van der Waals surface area contributed by atoms with Gasteiger partial charge in [-0.1, -0.05) is 0 Å². The van der Waals surface area contributed by atoms with Gasteiger partial charge in [-0.2, -0.15) is 0 Å². The van der Waals surface area contributed by atoms with E-state index in [1.54, 1.807) is 0 Å². The average Bonchev–Trinajstić information content (AvgIpc) is 2.49. The maximum Gasteiger partial charge on any atom is 0.265 e. The van der Waals surface area contributed by atoms with Crippen LogP contribution >= 0.6 is 0 Å². The number of aryl methyl sites for hydroxylation is 1. The zero-order chi connectivity index (χ0) is 15.7. The highest BCUT2D eigenvalue weighted by Gasteiger charge is 2.23. The number of hydrogen-bond acceptors (Lipinski definition) is 3. The van der Waals surface area contributed by atoms with Crippen LogP contribution in [-0.2, 0) is 12.8 Å². The first-order chi connectivity index (χ1) is 10.6. The summed E-state index contributed by atoms with van der Waals surface area (Å²) in [7, 11) is 0. The minimum absolute atomic E-state index is 0.252. The number of H-pyrrole nitrogens is 1. The Morgan fingerprint density at radius 1 is 1.18 bits per heavy atom. The summed E-state index contributed by atoms with van der Waals surface area (Å²) in [6.45, 7) is 0. The fourth-order valence-corrected chi connectivity index (χ4v) is 2.70. The van der Waals surface area contributed by atoms with Crippen molar-refractivity contribution in [1.29, 1.82) is 0 Å². The first-order valence-corrected chi connectivity index (χ1v) is 7.10. The number of benzene rings is 1. The zero-order valence-corrected chi connectivity index (χ0v) is 11.8. The molecule has 0 fully saturated rings. The summed E-state index contributed by atoms with van der Waals surface area (Å²) < 4.78 is 12.9. The van der Waals surface area contributed by atoms with Crippen LogP contribution in [0, 0.1) is 5.82 Å². The van der Waals surface area contributed by atoms with Crippen LogP contribution in [0.1, 0.15) is 34.5 Å². The molecule has 0 spiro atoms. The highest BCUT2D eigenvalue weighted by Crippen LogP contribution is 2.28. The van der Waals surface area contributed by atoms with Crippen molar-refractivity contribution in [3.63, 3.8) is 0 Å². The Morgan fingerprint density at radius 2 is 1.86 bits per heavy atom. The summed E-state index contributed by atoms with van der Waals surface area (Å²) in [5, 5.41) is 12.8. The van der Waals surface area contributed by atoms with Crippen molar-refractivity contribution in [2.24, 2.45) is 0 Å². The van der Waals surface area contributed by atoms with Gasteiger partial charge in [0.25, 0.3) is 11.5 Å². The predicted octanol–water partition coefficient (Wildman–Crippen LogP) is 2.35. The standard InChI is InChI=1S/C16H15FN2O3/c17-9-5-7-10(8-6-9)18-15(21)13-14(20)11-3-1-2-4-12(11)19-16(13)22/h5-8H,1-4H2,(H,18,21)(H2,19,20,22). The molecule has 5 nitrogen and oxygen atoms in total. The number of fused-ring (bicyclic) bond motifs is 1. The van der Waals surface area contributed by atoms with Gasteiger partial charge >= 0.3 is 0 Å². The molecule has 6 heteroatoms. The van der Waals surface area contributed by atoms with Gasteiger partial charge in [0.2, 0.25) is 0 Å². The van der Waals surface area contributed by atoms with Crippen molar-refractivity contribution in [1.82, 2.24) is 4.98 Å². The van der Waals surface area contributed by atoms with Crippen LogP contribution in [0.2, 0.25) is 0 Å². The Hall–Kier alpha value is -2.63. The number of rotatable bonds is 2. The molecule has 0 atom stereocenters. The molecule has 0 saturated carbocycles. The minimum atomic E-state index is -0.710. The lowest BCUT2D eigenvalue weighted by molar-refractivity contribution is 0.102. The number of anilines is 1. The molecule has 1 aromatic heterocycles. The second-order valence-corrected chi connectivity index (χ2v) is 5.30. The van der Waals surface area contributed by atoms with Crippen molar-refractivity contribution >= 4 is 11.6 Å². The third-order valence-corrected chi connectivity index (χ3v) is 3.81.